The van der Waals surface area contributed by atoms with Crippen molar-refractivity contribution in [1.82, 2.24) is 14.4 Å². The van der Waals surface area contributed by atoms with Gasteiger partial charge in [-0.1, -0.05) is 31.5 Å². The summed E-state index contributed by atoms with van der Waals surface area (Å²) in [6, 6.07) is 10.7. The molecule has 1 amide bonds. The lowest BCUT2D eigenvalue weighted by Gasteiger charge is -2.29. The average molecular weight is 581 g/mol. The van der Waals surface area contributed by atoms with Crippen LogP contribution < -0.4 is 19.9 Å². The maximum absolute atomic E-state index is 13.5. The molecule has 0 radical (unpaired) electrons. The number of benzene rings is 2. The summed E-state index contributed by atoms with van der Waals surface area (Å²) in [7, 11) is 1.54. The van der Waals surface area contributed by atoms with Gasteiger partial charge in [-0.25, -0.2) is 0 Å². The fourth-order valence-electron chi connectivity index (χ4n) is 6.33. The zero-order valence-corrected chi connectivity index (χ0v) is 24.2. The summed E-state index contributed by atoms with van der Waals surface area (Å²) in [6.07, 6.45) is 4.11. The molecule has 1 aromatic heterocycles. The third kappa shape index (κ3) is 5.84. The first kappa shape index (κ1) is 29.5. The van der Waals surface area contributed by atoms with E-state index in [0.717, 1.165) is 29.2 Å². The number of likely N-dealkylation sites (tertiary alicyclic amines) is 1. The van der Waals surface area contributed by atoms with Crippen LogP contribution in [0.2, 0.25) is 0 Å². The molecule has 3 heterocycles. The lowest BCUT2D eigenvalue weighted by atomic mass is 9.84. The quantitative estimate of drug-likeness (QED) is 0.278. The van der Waals surface area contributed by atoms with E-state index in [1.54, 1.807) is 9.47 Å². The number of carboxylic acid groups (broad SMARTS) is 1. The van der Waals surface area contributed by atoms with Gasteiger partial charge in [0.15, 0.2) is 17.4 Å². The van der Waals surface area contributed by atoms with Crippen molar-refractivity contribution in [2.45, 2.75) is 44.7 Å². The highest BCUT2D eigenvalue weighted by atomic mass is 16.7. The van der Waals surface area contributed by atoms with E-state index >= 15 is 0 Å². The van der Waals surface area contributed by atoms with Gasteiger partial charge in [-0.05, 0) is 36.6 Å². The molecule has 0 bridgehead atoms. The van der Waals surface area contributed by atoms with Crippen LogP contribution >= 0.6 is 0 Å². The van der Waals surface area contributed by atoms with E-state index in [-0.39, 0.29) is 25.1 Å². The number of aromatic hydroxyl groups is 1. The Kier molecular flexibility index (Phi) is 9.08. The van der Waals surface area contributed by atoms with Crippen molar-refractivity contribution in [3.63, 3.8) is 0 Å². The minimum atomic E-state index is -0.941. The molecule has 3 atom stereocenters. The number of carboxylic acids is 1. The van der Waals surface area contributed by atoms with Crippen molar-refractivity contribution in [2.24, 2.45) is 11.7 Å². The molecule has 2 aliphatic rings. The zero-order chi connectivity index (χ0) is 29.8. The molecule has 3 aromatic rings. The van der Waals surface area contributed by atoms with Gasteiger partial charge < -0.3 is 39.6 Å². The van der Waals surface area contributed by atoms with Crippen molar-refractivity contribution in [3.05, 3.63) is 48.2 Å². The summed E-state index contributed by atoms with van der Waals surface area (Å²) >= 11 is 0. The Bertz CT molecular complexity index is 1420. The number of rotatable bonds is 13. The molecule has 1 unspecified atom stereocenters. The van der Waals surface area contributed by atoms with Crippen LogP contribution in [0, 0.1) is 5.92 Å². The Morgan fingerprint density at radius 1 is 1.19 bits per heavy atom. The molecular weight excluding hydrogens is 540 g/mol. The van der Waals surface area contributed by atoms with Crippen LogP contribution in [-0.2, 0) is 16.1 Å². The molecule has 11 heteroatoms. The summed E-state index contributed by atoms with van der Waals surface area (Å²) in [5.41, 5.74) is 6.57. The molecule has 4 N–H and O–H groups in total. The SMILES string of the molecule is CCCCN(CCN)C(=O)CN1C[C@H](c2cc(OC)c3c(c2)OCO3)C(C(=O)O)[C@@H]1CCn1cc2ccccc2c1O. The highest BCUT2D eigenvalue weighted by Crippen LogP contribution is 2.47. The Hall–Kier alpha value is -3.96. The van der Waals surface area contributed by atoms with Crippen LogP contribution in [0.15, 0.2) is 42.6 Å². The van der Waals surface area contributed by atoms with Gasteiger partial charge in [-0.2, -0.15) is 0 Å². The summed E-state index contributed by atoms with van der Waals surface area (Å²) < 4.78 is 18.5. The molecule has 2 aromatic carbocycles. The van der Waals surface area contributed by atoms with Crippen LogP contribution in [0.5, 0.6) is 23.1 Å². The lowest BCUT2D eigenvalue weighted by Crippen LogP contribution is -2.46. The van der Waals surface area contributed by atoms with Gasteiger partial charge in [-0.15, -0.1) is 0 Å². The summed E-state index contributed by atoms with van der Waals surface area (Å²) in [4.78, 5) is 30.2. The number of methoxy groups -OCH3 is 1. The number of nitrogens with zero attached hydrogens (tertiary/aromatic N) is 3. The number of aromatic nitrogens is 1. The Balaban J connectivity index is 1.47. The number of nitrogens with two attached hydrogens (primary N) is 1. The van der Waals surface area contributed by atoms with E-state index in [4.69, 9.17) is 19.9 Å². The van der Waals surface area contributed by atoms with Crippen molar-refractivity contribution in [2.75, 3.05) is 46.6 Å². The third-order valence-electron chi connectivity index (χ3n) is 8.45. The largest absolute Gasteiger partial charge is 0.494 e. The molecule has 1 fully saturated rings. The van der Waals surface area contributed by atoms with Crippen LogP contribution in [0.25, 0.3) is 10.8 Å². The van der Waals surface area contributed by atoms with Crippen molar-refractivity contribution >= 4 is 22.6 Å². The first-order valence-corrected chi connectivity index (χ1v) is 14.5. The average Bonchev–Trinajstić information content (AvgIpc) is 3.69. The highest BCUT2D eigenvalue weighted by molar-refractivity contribution is 5.87. The minimum absolute atomic E-state index is 0.0644. The number of hydrogen-bond donors (Lipinski definition) is 3. The van der Waals surface area contributed by atoms with E-state index in [1.807, 2.05) is 47.5 Å². The van der Waals surface area contributed by atoms with Gasteiger partial charge in [0.1, 0.15) is 0 Å². The number of fused-ring (bicyclic) bond motifs is 2. The second kappa shape index (κ2) is 12.9. The van der Waals surface area contributed by atoms with Crippen LogP contribution in [0.1, 0.15) is 37.7 Å². The fraction of sp³-hybridized carbons (Fsp3) is 0.484. The molecule has 226 valence electrons. The summed E-state index contributed by atoms with van der Waals surface area (Å²) in [5.74, 6) is -0.620. The lowest BCUT2D eigenvalue weighted by molar-refractivity contribution is -0.144. The molecule has 11 nitrogen and oxygen atoms in total. The molecule has 0 aliphatic carbocycles. The number of aryl methyl sites for hydroxylation is 1. The predicted octanol–water partition coefficient (Wildman–Crippen LogP) is 3.23. The van der Waals surface area contributed by atoms with Crippen molar-refractivity contribution in [1.29, 1.82) is 0 Å². The van der Waals surface area contributed by atoms with Crippen LogP contribution in [0.4, 0.5) is 0 Å². The highest BCUT2D eigenvalue weighted by Gasteiger charge is 2.47. The van der Waals surface area contributed by atoms with Crippen LogP contribution in [0.3, 0.4) is 0 Å². The number of unbranched alkanes of at least 4 members (excludes halogenated alkanes) is 1. The molecule has 42 heavy (non-hydrogen) atoms. The number of carbonyl (C=O) groups is 2. The van der Waals surface area contributed by atoms with Gasteiger partial charge in [0, 0.05) is 61.7 Å². The number of carbonyl (C=O) groups excluding carboxylic acids is 1. The number of hydrogen-bond acceptors (Lipinski definition) is 8. The molecular formula is C31H40N4O7. The molecule has 5 rings (SSSR count). The fourth-order valence-corrected chi connectivity index (χ4v) is 6.33. The Morgan fingerprint density at radius 3 is 2.71 bits per heavy atom. The van der Waals surface area contributed by atoms with E-state index in [2.05, 4.69) is 6.92 Å². The molecule has 0 saturated carbocycles. The van der Waals surface area contributed by atoms with E-state index in [9.17, 15) is 19.8 Å². The van der Waals surface area contributed by atoms with E-state index < -0.39 is 23.8 Å². The third-order valence-corrected chi connectivity index (χ3v) is 8.45. The number of ether oxygens (including phenoxy) is 3. The monoisotopic (exact) mass is 580 g/mol. The van der Waals surface area contributed by atoms with Crippen molar-refractivity contribution < 1.29 is 34.0 Å². The zero-order valence-electron chi connectivity index (χ0n) is 24.2. The normalized spacial score (nSPS) is 19.8. The first-order valence-electron chi connectivity index (χ1n) is 14.5. The summed E-state index contributed by atoms with van der Waals surface area (Å²) in [5, 5.41) is 23.1. The maximum Gasteiger partial charge on any atom is 0.308 e. The Morgan fingerprint density at radius 2 is 2.00 bits per heavy atom. The molecule has 1 saturated heterocycles. The molecule has 2 aliphatic heterocycles. The van der Waals surface area contributed by atoms with Gasteiger partial charge in [0.05, 0.1) is 19.6 Å². The van der Waals surface area contributed by atoms with E-state index in [1.165, 1.54) is 7.11 Å². The minimum Gasteiger partial charge on any atom is -0.494 e. The maximum atomic E-state index is 13.5. The van der Waals surface area contributed by atoms with Gasteiger partial charge in [0.25, 0.3) is 0 Å². The van der Waals surface area contributed by atoms with Gasteiger partial charge >= 0.3 is 5.97 Å². The van der Waals surface area contributed by atoms with Gasteiger partial charge in [-0.3, -0.25) is 14.5 Å². The smallest absolute Gasteiger partial charge is 0.308 e. The second-order valence-corrected chi connectivity index (χ2v) is 11.0. The van der Waals surface area contributed by atoms with Gasteiger partial charge in [0.2, 0.25) is 18.4 Å². The molecule has 0 spiro atoms. The summed E-state index contributed by atoms with van der Waals surface area (Å²) in [6.45, 7) is 4.39. The second-order valence-electron chi connectivity index (χ2n) is 11.0. The number of amides is 1. The Labute approximate surface area is 245 Å². The predicted molar refractivity (Wildman–Crippen MR) is 157 cm³/mol. The number of aliphatic carboxylic acids is 1. The van der Waals surface area contributed by atoms with Crippen molar-refractivity contribution in [3.8, 4) is 23.1 Å². The standard InChI is InChI=1S/C31H40N4O7/c1-3-4-11-33(13-10-32)27(36)18-35-17-23(21-14-25(40-2)29-26(15-21)41-19-42-29)28(31(38)39)24(35)9-12-34-16-20-7-5-6-8-22(20)30(34)37/h5-8,14-16,23-24,28,37H,3-4,9-13,17-19,32H2,1-2H3,(H,38,39)/t23-,24+,28?/m1/s1. The first-order chi connectivity index (χ1) is 20.4. The van der Waals surface area contributed by atoms with E-state index in [0.29, 0.717) is 56.4 Å². The topological polar surface area (TPSA) is 140 Å². The van der Waals surface area contributed by atoms with Crippen LogP contribution in [-0.4, -0.2) is 89.1 Å².